The SMILES string of the molecule is CCCCCCC/C=C\C/C=C\C/C=C\CCCCCCCCCCCCCCCCCCCCCCCCCCCCC(=O)OC(COC(=O)CCCCCCC/C=C\CCCCCCC)COP(=O)([O-])OCC[N+](C)(C)C. The largest absolute Gasteiger partial charge is 0.756 e. The van der Waals surface area contributed by atoms with Gasteiger partial charge in [-0.15, -0.1) is 0 Å². The summed E-state index contributed by atoms with van der Waals surface area (Å²) in [7, 11) is 1.17. The van der Waals surface area contributed by atoms with Crippen molar-refractivity contribution in [2.75, 3.05) is 47.5 Å². The highest BCUT2D eigenvalue weighted by atomic mass is 31.2. The number of phosphoric ester groups is 1. The molecule has 0 aromatic carbocycles. The Balaban J connectivity index is 3.86. The summed E-state index contributed by atoms with van der Waals surface area (Å²) in [5.74, 6) is -0.829. The number of unbranched alkanes of at least 4 members (excludes halogenated alkanes) is 41. The third kappa shape index (κ3) is 65.0. The van der Waals surface area contributed by atoms with Crippen LogP contribution < -0.4 is 4.89 Å². The van der Waals surface area contributed by atoms with Crippen LogP contribution in [-0.2, 0) is 32.7 Å². The normalized spacial score (nSPS) is 13.4. The fourth-order valence-corrected chi connectivity index (χ4v) is 10.6. The van der Waals surface area contributed by atoms with Crippen LogP contribution >= 0.6 is 7.82 Å². The van der Waals surface area contributed by atoms with Crippen molar-refractivity contribution in [2.45, 2.75) is 335 Å². The van der Waals surface area contributed by atoms with E-state index in [1.807, 2.05) is 21.1 Å². The lowest BCUT2D eigenvalue weighted by Gasteiger charge is -2.28. The number of hydrogen-bond donors (Lipinski definition) is 0. The molecule has 0 aliphatic rings. The van der Waals surface area contributed by atoms with Crippen molar-refractivity contribution in [3.63, 3.8) is 0 Å². The van der Waals surface area contributed by atoms with Crippen molar-refractivity contribution < 1.29 is 42.1 Å². The maximum atomic E-state index is 12.8. The molecule has 0 radical (unpaired) electrons. The number of nitrogens with zero attached hydrogens (tertiary/aromatic N) is 1. The molecule has 0 saturated heterocycles. The summed E-state index contributed by atoms with van der Waals surface area (Å²) >= 11 is 0. The Kier molecular flexibility index (Phi) is 59.0. The van der Waals surface area contributed by atoms with E-state index < -0.39 is 26.5 Å². The number of phosphoric acid groups is 1. The summed E-state index contributed by atoms with van der Waals surface area (Å²) in [5, 5.41) is 0. The molecule has 0 aromatic heterocycles. The fourth-order valence-electron chi connectivity index (χ4n) is 9.84. The monoisotopic (exact) mass is 1130 g/mol. The molecule has 0 aliphatic carbocycles. The lowest BCUT2D eigenvalue weighted by molar-refractivity contribution is -0.870. The molecule has 9 nitrogen and oxygen atoms in total. The Hall–Kier alpha value is -2.03. The van der Waals surface area contributed by atoms with Crippen LogP contribution in [-0.4, -0.2) is 70.0 Å². The Labute approximate surface area is 490 Å². The van der Waals surface area contributed by atoms with Gasteiger partial charge in [-0.3, -0.25) is 14.2 Å². The summed E-state index contributed by atoms with van der Waals surface area (Å²) in [6, 6.07) is 0. The Morgan fingerprint density at radius 1 is 0.392 bits per heavy atom. The van der Waals surface area contributed by atoms with Gasteiger partial charge in [0.25, 0.3) is 7.82 Å². The van der Waals surface area contributed by atoms with Gasteiger partial charge in [-0.05, 0) is 77.0 Å². The van der Waals surface area contributed by atoms with Crippen LogP contribution in [0.3, 0.4) is 0 Å². The molecule has 2 unspecified atom stereocenters. The second-order valence-electron chi connectivity index (χ2n) is 24.2. The maximum absolute atomic E-state index is 12.8. The smallest absolute Gasteiger partial charge is 0.306 e. The van der Waals surface area contributed by atoms with Crippen molar-refractivity contribution in [1.29, 1.82) is 0 Å². The number of ether oxygens (including phenoxy) is 2. The number of esters is 2. The minimum atomic E-state index is -4.63. The van der Waals surface area contributed by atoms with Crippen molar-refractivity contribution in [3.8, 4) is 0 Å². The van der Waals surface area contributed by atoms with Crippen LogP contribution in [0.25, 0.3) is 0 Å². The summed E-state index contributed by atoms with van der Waals surface area (Å²) in [5.41, 5.74) is 0. The van der Waals surface area contributed by atoms with Crippen molar-refractivity contribution in [3.05, 3.63) is 48.6 Å². The summed E-state index contributed by atoms with van der Waals surface area (Å²) in [4.78, 5) is 37.9. The number of carbonyl (C=O) groups excluding carboxylic acids is 2. The predicted octanol–water partition coefficient (Wildman–Crippen LogP) is 21.0. The molecule has 464 valence electrons. The zero-order chi connectivity index (χ0) is 57.7. The van der Waals surface area contributed by atoms with Gasteiger partial charge in [0.1, 0.15) is 19.8 Å². The van der Waals surface area contributed by atoms with Crippen LogP contribution in [0.2, 0.25) is 0 Å². The minimum absolute atomic E-state index is 0.0302. The highest BCUT2D eigenvalue weighted by molar-refractivity contribution is 7.45. The second-order valence-corrected chi connectivity index (χ2v) is 25.6. The molecule has 79 heavy (non-hydrogen) atoms. The molecule has 0 spiro atoms. The standard InChI is InChI=1S/C69H130NO8P/c1-6-8-10-12-14-16-18-20-22-23-24-25-26-27-28-29-30-31-32-33-34-35-36-37-38-39-40-41-42-43-44-45-46-47-48-50-52-54-56-58-60-62-69(72)78-67(66-77-79(73,74)76-64-63-70(3,4)5)65-75-68(71)61-59-57-55-53-51-49-21-19-17-15-13-11-9-7-2/h18-21,23-24,26-27,67H,6-17,22,25,28-66H2,1-5H3/b20-18-,21-19-,24-23-,27-26-. The molecule has 0 saturated carbocycles. The third-order valence-electron chi connectivity index (χ3n) is 15.1. The second kappa shape index (κ2) is 60.6. The van der Waals surface area contributed by atoms with Crippen LogP contribution in [0.5, 0.6) is 0 Å². The topological polar surface area (TPSA) is 111 Å². The average molecular weight is 1130 g/mol. The van der Waals surface area contributed by atoms with E-state index in [-0.39, 0.29) is 32.0 Å². The van der Waals surface area contributed by atoms with Gasteiger partial charge in [0, 0.05) is 12.8 Å². The zero-order valence-electron chi connectivity index (χ0n) is 52.8. The summed E-state index contributed by atoms with van der Waals surface area (Å²) in [6.07, 6.45) is 77.8. The first kappa shape index (κ1) is 77.0. The zero-order valence-corrected chi connectivity index (χ0v) is 53.7. The fraction of sp³-hybridized carbons (Fsp3) is 0.855. The number of hydrogen-bond acceptors (Lipinski definition) is 8. The van der Waals surface area contributed by atoms with E-state index >= 15 is 0 Å². The van der Waals surface area contributed by atoms with Gasteiger partial charge in [-0.25, -0.2) is 0 Å². The third-order valence-corrected chi connectivity index (χ3v) is 16.0. The molecular weight excluding hydrogens is 1000 g/mol. The molecular formula is C69H130NO8P. The summed E-state index contributed by atoms with van der Waals surface area (Å²) < 4.78 is 34.2. The van der Waals surface area contributed by atoms with E-state index in [9.17, 15) is 19.0 Å². The van der Waals surface area contributed by atoms with E-state index in [2.05, 4.69) is 62.5 Å². The molecule has 0 aromatic rings. The first-order chi connectivity index (χ1) is 38.5. The number of likely N-dealkylation sites (N-methyl/N-ethyl adjacent to an activating group) is 1. The van der Waals surface area contributed by atoms with Crippen LogP contribution in [0.15, 0.2) is 48.6 Å². The van der Waals surface area contributed by atoms with E-state index in [1.54, 1.807) is 0 Å². The Bertz CT molecular complexity index is 1470. The van der Waals surface area contributed by atoms with Crippen LogP contribution in [0, 0.1) is 0 Å². The quantitative estimate of drug-likeness (QED) is 0.0195. The summed E-state index contributed by atoms with van der Waals surface area (Å²) in [6.45, 7) is 4.24. The van der Waals surface area contributed by atoms with Gasteiger partial charge in [0.2, 0.25) is 0 Å². The number of quaternary nitrogens is 1. The van der Waals surface area contributed by atoms with Crippen LogP contribution in [0.1, 0.15) is 328 Å². The van der Waals surface area contributed by atoms with Gasteiger partial charge in [0.05, 0.1) is 27.7 Å². The van der Waals surface area contributed by atoms with E-state index in [1.165, 1.54) is 231 Å². The molecule has 0 N–H and O–H groups in total. The predicted molar refractivity (Wildman–Crippen MR) is 337 cm³/mol. The molecule has 0 amide bonds. The molecule has 0 rings (SSSR count). The molecule has 0 bridgehead atoms. The molecule has 0 heterocycles. The Morgan fingerprint density at radius 3 is 1.03 bits per heavy atom. The van der Waals surface area contributed by atoms with E-state index in [4.69, 9.17) is 18.5 Å². The van der Waals surface area contributed by atoms with Gasteiger partial charge in [0.15, 0.2) is 6.10 Å². The highest BCUT2D eigenvalue weighted by Crippen LogP contribution is 2.38. The number of allylic oxidation sites excluding steroid dienone is 8. The Morgan fingerprint density at radius 2 is 0.684 bits per heavy atom. The van der Waals surface area contributed by atoms with Crippen molar-refractivity contribution >= 4 is 19.8 Å². The minimum Gasteiger partial charge on any atom is -0.756 e. The highest BCUT2D eigenvalue weighted by Gasteiger charge is 2.22. The lowest BCUT2D eigenvalue weighted by atomic mass is 10.0. The van der Waals surface area contributed by atoms with Gasteiger partial charge in [-0.2, -0.15) is 0 Å². The average Bonchev–Trinajstić information content (AvgIpc) is 3.41. The first-order valence-corrected chi connectivity index (χ1v) is 35.3. The molecule has 10 heteroatoms. The maximum Gasteiger partial charge on any atom is 0.306 e. The van der Waals surface area contributed by atoms with E-state index in [0.29, 0.717) is 17.4 Å². The molecule has 0 aliphatic heterocycles. The van der Waals surface area contributed by atoms with Crippen molar-refractivity contribution in [1.82, 2.24) is 0 Å². The number of carbonyl (C=O) groups is 2. The van der Waals surface area contributed by atoms with Gasteiger partial charge < -0.3 is 27.9 Å². The first-order valence-electron chi connectivity index (χ1n) is 33.8. The van der Waals surface area contributed by atoms with Crippen molar-refractivity contribution in [2.24, 2.45) is 0 Å². The lowest BCUT2D eigenvalue weighted by Crippen LogP contribution is -2.37. The van der Waals surface area contributed by atoms with Gasteiger partial charge in [-0.1, -0.05) is 287 Å². The van der Waals surface area contributed by atoms with Gasteiger partial charge >= 0.3 is 11.9 Å². The number of rotatable bonds is 63. The van der Waals surface area contributed by atoms with E-state index in [0.717, 1.165) is 64.2 Å². The molecule has 2 atom stereocenters. The molecule has 0 fully saturated rings. The van der Waals surface area contributed by atoms with Crippen LogP contribution in [0.4, 0.5) is 0 Å².